The Kier molecular flexibility index (Phi) is 6.89. The molecule has 1 fully saturated rings. The summed E-state index contributed by atoms with van der Waals surface area (Å²) in [5.41, 5.74) is 1.29. The van der Waals surface area contributed by atoms with Crippen LogP contribution < -0.4 is 19.1 Å². The Labute approximate surface area is 208 Å². The Morgan fingerprint density at radius 1 is 0.917 bits per heavy atom. The van der Waals surface area contributed by atoms with E-state index in [9.17, 15) is 22.8 Å². The van der Waals surface area contributed by atoms with Gasteiger partial charge in [-0.2, -0.15) is 8.42 Å². The highest BCUT2D eigenvalue weighted by Gasteiger charge is 2.36. The Bertz CT molecular complexity index is 1460. The Balaban J connectivity index is 1.67. The lowest BCUT2D eigenvalue weighted by Crippen LogP contribution is -2.54. The van der Waals surface area contributed by atoms with Gasteiger partial charge in [-0.1, -0.05) is 42.0 Å². The molecule has 184 valence electrons. The maximum atomic E-state index is 13.0. The number of hydrogen-bond acceptors (Lipinski definition) is 7. The van der Waals surface area contributed by atoms with Gasteiger partial charge in [0.2, 0.25) is 0 Å². The van der Waals surface area contributed by atoms with Crippen LogP contribution in [0.1, 0.15) is 18.1 Å². The van der Waals surface area contributed by atoms with Crippen LogP contribution in [0, 0.1) is 6.92 Å². The van der Waals surface area contributed by atoms with Gasteiger partial charge >= 0.3 is 16.1 Å². The number of nitrogens with one attached hydrogen (secondary N) is 1. The minimum atomic E-state index is -4.13. The predicted molar refractivity (Wildman–Crippen MR) is 132 cm³/mol. The number of amides is 4. The van der Waals surface area contributed by atoms with Crippen molar-refractivity contribution in [1.82, 2.24) is 5.32 Å². The van der Waals surface area contributed by atoms with Crippen molar-refractivity contribution >= 4 is 39.7 Å². The van der Waals surface area contributed by atoms with Crippen molar-refractivity contribution in [3.8, 4) is 11.5 Å². The predicted octanol–water partition coefficient (Wildman–Crippen LogP) is 3.83. The van der Waals surface area contributed by atoms with Crippen molar-refractivity contribution in [1.29, 1.82) is 0 Å². The molecule has 10 heteroatoms. The number of barbiturate groups is 1. The van der Waals surface area contributed by atoms with Crippen LogP contribution in [0.3, 0.4) is 0 Å². The summed E-state index contributed by atoms with van der Waals surface area (Å²) < 4.78 is 36.3. The molecule has 0 spiro atoms. The van der Waals surface area contributed by atoms with Crippen LogP contribution >= 0.6 is 0 Å². The highest BCUT2D eigenvalue weighted by Crippen LogP contribution is 2.32. The van der Waals surface area contributed by atoms with Gasteiger partial charge < -0.3 is 8.92 Å². The first kappa shape index (κ1) is 24.7. The molecule has 4 rings (SSSR count). The number of imide groups is 2. The first-order chi connectivity index (χ1) is 17.2. The quantitative estimate of drug-likeness (QED) is 0.294. The fraction of sp³-hybridized carbons (Fsp3) is 0.115. The van der Waals surface area contributed by atoms with Crippen LogP contribution in [-0.4, -0.2) is 32.9 Å². The van der Waals surface area contributed by atoms with E-state index in [1.54, 1.807) is 49.4 Å². The molecule has 1 N–H and O–H groups in total. The Morgan fingerprint density at radius 3 is 2.28 bits per heavy atom. The maximum absolute atomic E-state index is 13.0. The molecule has 0 unspecified atom stereocenters. The molecule has 1 aliphatic heterocycles. The SMILES string of the molecule is CCOc1cc(/C=C2\C(=O)NC(=O)N(c3ccccc3)C2=O)ccc1OS(=O)(=O)c1ccc(C)cc1. The van der Waals surface area contributed by atoms with Crippen molar-refractivity contribution < 1.29 is 31.7 Å². The molecule has 9 nitrogen and oxygen atoms in total. The molecule has 0 aromatic heterocycles. The molecule has 0 atom stereocenters. The van der Waals surface area contributed by atoms with E-state index < -0.39 is 28.0 Å². The highest BCUT2D eigenvalue weighted by molar-refractivity contribution is 7.87. The number of para-hydroxylation sites is 1. The fourth-order valence-electron chi connectivity index (χ4n) is 3.46. The number of benzene rings is 3. The average molecular weight is 507 g/mol. The lowest BCUT2D eigenvalue weighted by atomic mass is 10.1. The molecule has 3 aromatic rings. The van der Waals surface area contributed by atoms with Gasteiger partial charge in [0.25, 0.3) is 11.8 Å². The van der Waals surface area contributed by atoms with Crippen LogP contribution in [0.25, 0.3) is 6.08 Å². The summed E-state index contributed by atoms with van der Waals surface area (Å²) in [6.45, 7) is 3.76. The number of hydrogen-bond donors (Lipinski definition) is 1. The fourth-order valence-corrected chi connectivity index (χ4v) is 4.40. The van der Waals surface area contributed by atoms with Crippen LogP contribution in [-0.2, 0) is 19.7 Å². The first-order valence-electron chi connectivity index (χ1n) is 10.9. The van der Waals surface area contributed by atoms with E-state index in [1.807, 2.05) is 6.92 Å². The Hall–Kier alpha value is -4.44. The number of rotatable bonds is 7. The normalized spacial score (nSPS) is 15.1. The van der Waals surface area contributed by atoms with Gasteiger partial charge in [0.15, 0.2) is 11.5 Å². The van der Waals surface area contributed by atoms with Crippen LogP contribution in [0.5, 0.6) is 11.5 Å². The van der Waals surface area contributed by atoms with E-state index in [4.69, 9.17) is 8.92 Å². The number of nitrogens with zero attached hydrogens (tertiary/aromatic N) is 1. The number of carbonyl (C=O) groups excluding carboxylic acids is 3. The summed E-state index contributed by atoms with van der Waals surface area (Å²) in [7, 11) is -4.13. The molecule has 3 aromatic carbocycles. The van der Waals surface area contributed by atoms with Crippen LogP contribution in [0.2, 0.25) is 0 Å². The topological polar surface area (TPSA) is 119 Å². The third kappa shape index (κ3) is 5.13. The number of aryl methyl sites for hydroxylation is 1. The number of anilines is 1. The smallest absolute Gasteiger partial charge is 0.339 e. The van der Waals surface area contributed by atoms with Crippen molar-refractivity contribution in [2.75, 3.05) is 11.5 Å². The maximum Gasteiger partial charge on any atom is 0.339 e. The molecule has 1 saturated heterocycles. The monoisotopic (exact) mass is 506 g/mol. The largest absolute Gasteiger partial charge is 0.490 e. The standard InChI is InChI=1S/C26H22N2O7S/c1-3-34-23-16-18(11-14-22(23)35-36(32,33)20-12-9-17(2)10-13-20)15-21-24(29)27-26(31)28(25(21)30)19-7-5-4-6-8-19/h4-16H,3H2,1-2H3,(H,27,29,31)/b21-15+. The zero-order valence-corrected chi connectivity index (χ0v) is 20.2. The molecule has 1 aliphatic rings. The minimum absolute atomic E-state index is 0.0168. The van der Waals surface area contributed by atoms with Crippen LogP contribution in [0.15, 0.2) is 83.3 Å². The van der Waals surface area contributed by atoms with Crippen molar-refractivity contribution in [2.24, 2.45) is 0 Å². The second kappa shape index (κ2) is 10.0. The molecular weight excluding hydrogens is 484 g/mol. The van der Waals surface area contributed by atoms with Gasteiger partial charge in [0.1, 0.15) is 10.5 Å². The summed E-state index contributed by atoms with van der Waals surface area (Å²) in [5.74, 6) is -1.60. The second-order valence-corrected chi connectivity index (χ2v) is 9.33. The summed E-state index contributed by atoms with van der Waals surface area (Å²) in [6.07, 6.45) is 1.29. The van der Waals surface area contributed by atoms with E-state index in [1.165, 1.54) is 36.4 Å². The van der Waals surface area contributed by atoms with E-state index >= 15 is 0 Å². The average Bonchev–Trinajstić information content (AvgIpc) is 2.84. The van der Waals surface area contributed by atoms with Crippen LogP contribution in [0.4, 0.5) is 10.5 Å². The second-order valence-electron chi connectivity index (χ2n) is 7.78. The van der Waals surface area contributed by atoms with Crippen molar-refractivity contribution in [3.63, 3.8) is 0 Å². The zero-order chi connectivity index (χ0) is 25.9. The van der Waals surface area contributed by atoms with Gasteiger partial charge in [-0.25, -0.2) is 9.69 Å². The molecule has 0 bridgehead atoms. The summed E-state index contributed by atoms with van der Waals surface area (Å²) >= 11 is 0. The summed E-state index contributed by atoms with van der Waals surface area (Å²) in [5, 5.41) is 2.16. The van der Waals surface area contributed by atoms with E-state index in [2.05, 4.69) is 5.32 Å². The van der Waals surface area contributed by atoms with E-state index in [0.717, 1.165) is 10.5 Å². The zero-order valence-electron chi connectivity index (χ0n) is 19.4. The molecule has 0 saturated carbocycles. The molecule has 0 radical (unpaired) electrons. The third-order valence-electron chi connectivity index (χ3n) is 5.20. The summed E-state index contributed by atoms with van der Waals surface area (Å²) in [4.78, 5) is 38.7. The van der Waals surface area contributed by atoms with Crippen molar-refractivity contribution in [2.45, 2.75) is 18.7 Å². The molecular formula is C26H22N2O7S. The van der Waals surface area contributed by atoms with Gasteiger partial charge in [0.05, 0.1) is 12.3 Å². The number of carbonyl (C=O) groups is 3. The number of urea groups is 1. The first-order valence-corrected chi connectivity index (χ1v) is 12.3. The molecule has 4 amide bonds. The van der Waals surface area contributed by atoms with Gasteiger partial charge in [-0.3, -0.25) is 14.9 Å². The Morgan fingerprint density at radius 2 is 1.61 bits per heavy atom. The lowest BCUT2D eigenvalue weighted by Gasteiger charge is -2.26. The third-order valence-corrected chi connectivity index (χ3v) is 6.45. The minimum Gasteiger partial charge on any atom is -0.490 e. The van der Waals surface area contributed by atoms with E-state index in [0.29, 0.717) is 11.3 Å². The van der Waals surface area contributed by atoms with Gasteiger partial charge in [0, 0.05) is 0 Å². The van der Waals surface area contributed by atoms with Gasteiger partial charge in [-0.15, -0.1) is 0 Å². The van der Waals surface area contributed by atoms with Gasteiger partial charge in [-0.05, 0) is 61.9 Å². The highest BCUT2D eigenvalue weighted by atomic mass is 32.2. The van der Waals surface area contributed by atoms with Crippen molar-refractivity contribution in [3.05, 3.63) is 89.5 Å². The summed E-state index contributed by atoms with van der Waals surface area (Å²) in [6, 6.07) is 17.8. The lowest BCUT2D eigenvalue weighted by molar-refractivity contribution is -0.122. The molecule has 36 heavy (non-hydrogen) atoms. The molecule has 0 aliphatic carbocycles. The number of ether oxygens (including phenoxy) is 1. The van der Waals surface area contributed by atoms with E-state index in [-0.39, 0.29) is 28.6 Å². The molecule has 1 heterocycles.